The van der Waals surface area contributed by atoms with Crippen LogP contribution in [0.25, 0.3) is 0 Å². The quantitative estimate of drug-likeness (QED) is 0.545. The van der Waals surface area contributed by atoms with Crippen molar-refractivity contribution >= 4 is 11.9 Å². The van der Waals surface area contributed by atoms with Crippen molar-refractivity contribution in [2.75, 3.05) is 0 Å². The summed E-state index contributed by atoms with van der Waals surface area (Å²) in [5, 5.41) is 0. The largest absolute Gasteiger partial charge is 0.460 e. The van der Waals surface area contributed by atoms with E-state index < -0.39 is 17.9 Å². The van der Waals surface area contributed by atoms with E-state index in [0.717, 1.165) is 11.1 Å². The molecule has 0 bridgehead atoms. The Kier molecular flexibility index (Phi) is 7.02. The Morgan fingerprint density at radius 1 is 0.792 bits per heavy atom. The van der Waals surface area contributed by atoms with Crippen LogP contribution >= 0.6 is 0 Å². The number of benzene rings is 2. The molecule has 0 amide bonds. The molecular formula is C20H22O4. The maximum Gasteiger partial charge on any atom is 0.320 e. The van der Waals surface area contributed by atoms with E-state index in [0.29, 0.717) is 12.8 Å². The maximum absolute atomic E-state index is 12.2. The van der Waals surface area contributed by atoms with Gasteiger partial charge in [-0.05, 0) is 17.5 Å². The van der Waals surface area contributed by atoms with Gasteiger partial charge in [0, 0.05) is 0 Å². The van der Waals surface area contributed by atoms with Crippen LogP contribution in [0.4, 0.5) is 0 Å². The number of rotatable bonds is 8. The molecule has 0 radical (unpaired) electrons. The van der Waals surface area contributed by atoms with E-state index in [1.807, 2.05) is 67.6 Å². The Morgan fingerprint density at radius 3 is 1.58 bits per heavy atom. The zero-order chi connectivity index (χ0) is 17.2. The van der Waals surface area contributed by atoms with Crippen LogP contribution in [0.15, 0.2) is 60.7 Å². The molecule has 0 atom stereocenters. The average Bonchev–Trinajstić information content (AvgIpc) is 2.64. The Bertz CT molecular complexity index is 582. The average molecular weight is 326 g/mol. The Hall–Kier alpha value is -2.62. The highest BCUT2D eigenvalue weighted by atomic mass is 16.6. The summed E-state index contributed by atoms with van der Waals surface area (Å²) in [6.45, 7) is 2.24. The molecule has 0 fully saturated rings. The van der Waals surface area contributed by atoms with E-state index >= 15 is 0 Å². The summed E-state index contributed by atoms with van der Waals surface area (Å²) in [5.41, 5.74) is 1.78. The molecule has 0 aliphatic heterocycles. The predicted octanol–water partition coefficient (Wildman–Crippen LogP) is 3.89. The normalized spacial score (nSPS) is 10.4. The molecule has 0 saturated carbocycles. The van der Waals surface area contributed by atoms with Crippen LogP contribution in [0.2, 0.25) is 0 Å². The molecule has 0 aliphatic carbocycles. The summed E-state index contributed by atoms with van der Waals surface area (Å²) in [7, 11) is 0. The minimum Gasteiger partial charge on any atom is -0.460 e. The third-order valence-electron chi connectivity index (χ3n) is 3.59. The van der Waals surface area contributed by atoms with Crippen LogP contribution in [-0.4, -0.2) is 11.9 Å². The highest BCUT2D eigenvalue weighted by Crippen LogP contribution is 2.14. The first-order valence-electron chi connectivity index (χ1n) is 8.12. The molecular weight excluding hydrogens is 304 g/mol. The molecule has 4 nitrogen and oxygen atoms in total. The van der Waals surface area contributed by atoms with Gasteiger partial charge < -0.3 is 9.47 Å². The number of hydrogen-bond acceptors (Lipinski definition) is 4. The SMILES string of the molecule is CCCC(C(=O)OCc1ccccc1)C(=O)OCc1ccccc1. The summed E-state index contributed by atoms with van der Waals surface area (Å²) in [5.74, 6) is -1.93. The van der Waals surface area contributed by atoms with Crippen LogP contribution < -0.4 is 0 Å². The second-order valence-corrected chi connectivity index (χ2v) is 5.53. The van der Waals surface area contributed by atoms with E-state index in [2.05, 4.69) is 0 Å². The van der Waals surface area contributed by atoms with Gasteiger partial charge in [-0.3, -0.25) is 9.59 Å². The lowest BCUT2D eigenvalue weighted by molar-refractivity contribution is -0.164. The summed E-state index contributed by atoms with van der Waals surface area (Å²) < 4.78 is 10.6. The van der Waals surface area contributed by atoms with Gasteiger partial charge in [-0.15, -0.1) is 0 Å². The maximum atomic E-state index is 12.2. The molecule has 0 aromatic heterocycles. The van der Waals surface area contributed by atoms with Gasteiger partial charge in [-0.1, -0.05) is 74.0 Å². The van der Waals surface area contributed by atoms with Crippen LogP contribution in [0.1, 0.15) is 30.9 Å². The van der Waals surface area contributed by atoms with Crippen molar-refractivity contribution in [3.8, 4) is 0 Å². The van der Waals surface area contributed by atoms with E-state index in [4.69, 9.17) is 9.47 Å². The molecule has 2 aromatic carbocycles. The van der Waals surface area contributed by atoms with E-state index in [1.165, 1.54) is 0 Å². The lowest BCUT2D eigenvalue weighted by Crippen LogP contribution is -2.27. The summed E-state index contributed by atoms with van der Waals surface area (Å²) in [4.78, 5) is 24.5. The molecule has 2 rings (SSSR count). The number of hydrogen-bond donors (Lipinski definition) is 0. The van der Waals surface area contributed by atoms with Crippen LogP contribution in [0, 0.1) is 5.92 Å². The van der Waals surface area contributed by atoms with Gasteiger partial charge in [0.2, 0.25) is 0 Å². The number of esters is 2. The van der Waals surface area contributed by atoms with Crippen molar-refractivity contribution in [3.63, 3.8) is 0 Å². The third kappa shape index (κ3) is 5.54. The standard InChI is InChI=1S/C20H22O4/c1-2-9-18(19(21)23-14-16-10-5-3-6-11-16)20(22)24-15-17-12-7-4-8-13-17/h3-8,10-13,18H,2,9,14-15H2,1H3. The number of ether oxygens (including phenoxy) is 2. The molecule has 0 aliphatic rings. The van der Waals surface area contributed by atoms with Gasteiger partial charge in [0.05, 0.1) is 0 Å². The molecule has 0 unspecified atom stereocenters. The van der Waals surface area contributed by atoms with Gasteiger partial charge in [-0.25, -0.2) is 0 Å². The van der Waals surface area contributed by atoms with Crippen molar-refractivity contribution in [3.05, 3.63) is 71.8 Å². The molecule has 2 aromatic rings. The minimum absolute atomic E-state index is 0.159. The highest BCUT2D eigenvalue weighted by molar-refractivity contribution is 5.94. The third-order valence-corrected chi connectivity index (χ3v) is 3.59. The topological polar surface area (TPSA) is 52.6 Å². The highest BCUT2D eigenvalue weighted by Gasteiger charge is 2.29. The Labute approximate surface area is 142 Å². The fraction of sp³-hybridized carbons (Fsp3) is 0.300. The van der Waals surface area contributed by atoms with Crippen molar-refractivity contribution in [1.82, 2.24) is 0 Å². The van der Waals surface area contributed by atoms with Crippen molar-refractivity contribution < 1.29 is 19.1 Å². The van der Waals surface area contributed by atoms with E-state index in [9.17, 15) is 9.59 Å². The Morgan fingerprint density at radius 2 is 1.21 bits per heavy atom. The number of carbonyl (C=O) groups excluding carboxylic acids is 2. The Balaban J connectivity index is 1.89. The fourth-order valence-electron chi connectivity index (χ4n) is 2.28. The zero-order valence-electron chi connectivity index (χ0n) is 13.8. The monoisotopic (exact) mass is 326 g/mol. The molecule has 24 heavy (non-hydrogen) atoms. The second-order valence-electron chi connectivity index (χ2n) is 5.53. The van der Waals surface area contributed by atoms with Gasteiger partial charge in [-0.2, -0.15) is 0 Å². The molecule has 126 valence electrons. The van der Waals surface area contributed by atoms with Gasteiger partial charge in [0.25, 0.3) is 0 Å². The first kappa shape index (κ1) is 17.7. The van der Waals surface area contributed by atoms with Gasteiger partial charge in [0.1, 0.15) is 13.2 Å². The molecule has 0 saturated heterocycles. The first-order valence-corrected chi connectivity index (χ1v) is 8.12. The predicted molar refractivity (Wildman–Crippen MR) is 90.9 cm³/mol. The molecule has 4 heteroatoms. The summed E-state index contributed by atoms with van der Waals surface area (Å²) >= 11 is 0. The first-order chi connectivity index (χ1) is 11.7. The van der Waals surface area contributed by atoms with Crippen LogP contribution in [0.3, 0.4) is 0 Å². The lowest BCUT2D eigenvalue weighted by Gasteiger charge is -2.15. The van der Waals surface area contributed by atoms with Gasteiger partial charge >= 0.3 is 11.9 Å². The van der Waals surface area contributed by atoms with E-state index in [-0.39, 0.29) is 13.2 Å². The van der Waals surface area contributed by atoms with Crippen LogP contribution in [-0.2, 0) is 32.3 Å². The summed E-state index contributed by atoms with van der Waals surface area (Å²) in [6, 6.07) is 18.8. The van der Waals surface area contributed by atoms with Crippen molar-refractivity contribution in [1.29, 1.82) is 0 Å². The van der Waals surface area contributed by atoms with Gasteiger partial charge in [0.15, 0.2) is 5.92 Å². The molecule has 0 N–H and O–H groups in total. The second kappa shape index (κ2) is 9.50. The lowest BCUT2D eigenvalue weighted by atomic mass is 10.0. The molecule has 0 spiro atoms. The smallest absolute Gasteiger partial charge is 0.320 e. The summed E-state index contributed by atoms with van der Waals surface area (Å²) in [6.07, 6.45) is 1.12. The fourth-order valence-corrected chi connectivity index (χ4v) is 2.28. The van der Waals surface area contributed by atoms with E-state index in [1.54, 1.807) is 0 Å². The van der Waals surface area contributed by atoms with Crippen molar-refractivity contribution in [2.24, 2.45) is 5.92 Å². The molecule has 0 heterocycles. The minimum atomic E-state index is -0.873. The zero-order valence-corrected chi connectivity index (χ0v) is 13.8. The van der Waals surface area contributed by atoms with Crippen molar-refractivity contribution in [2.45, 2.75) is 33.0 Å². The van der Waals surface area contributed by atoms with Crippen LogP contribution in [0.5, 0.6) is 0 Å². The number of carbonyl (C=O) groups is 2.